The lowest BCUT2D eigenvalue weighted by molar-refractivity contribution is -0.128. The number of amides is 2. The van der Waals surface area contributed by atoms with Gasteiger partial charge in [-0.3, -0.25) is 9.59 Å². The van der Waals surface area contributed by atoms with Gasteiger partial charge in [-0.25, -0.2) is 0 Å². The molecule has 0 spiro atoms. The molecule has 0 atom stereocenters. The van der Waals surface area contributed by atoms with Gasteiger partial charge in [0, 0.05) is 18.6 Å². The minimum Gasteiger partial charge on any atom is -0.372 e. The zero-order chi connectivity index (χ0) is 11.9. The number of hydrogen-bond acceptors (Lipinski definition) is 3. The van der Waals surface area contributed by atoms with Crippen LogP contribution in [0.3, 0.4) is 0 Å². The first-order valence-electron chi connectivity index (χ1n) is 5.04. The summed E-state index contributed by atoms with van der Waals surface area (Å²) < 4.78 is 5.07. The number of nitrogens with one attached hydrogen (secondary N) is 1. The van der Waals surface area contributed by atoms with E-state index >= 15 is 0 Å². The van der Waals surface area contributed by atoms with Crippen molar-refractivity contribution in [2.24, 2.45) is 5.73 Å². The Morgan fingerprint density at radius 3 is 2.47 bits per heavy atom. The van der Waals surface area contributed by atoms with Crippen LogP contribution >= 0.6 is 0 Å². The molecule has 0 aromatic carbocycles. The van der Waals surface area contributed by atoms with Crippen molar-refractivity contribution in [1.29, 1.82) is 0 Å². The van der Waals surface area contributed by atoms with Gasteiger partial charge in [-0.1, -0.05) is 6.92 Å². The van der Waals surface area contributed by atoms with Crippen LogP contribution in [0.4, 0.5) is 0 Å². The van der Waals surface area contributed by atoms with Crippen LogP contribution in [0.2, 0.25) is 0 Å². The van der Waals surface area contributed by atoms with Crippen LogP contribution in [-0.2, 0) is 14.3 Å². The maximum Gasteiger partial charge on any atom is 0.246 e. The topological polar surface area (TPSA) is 81.4 Å². The molecule has 3 N–H and O–H groups in total. The summed E-state index contributed by atoms with van der Waals surface area (Å²) in [5.74, 6) is -0.663. The Labute approximate surface area is 90.4 Å². The Hall–Kier alpha value is -1.10. The molecule has 2 amide bonds. The third-order valence-electron chi connectivity index (χ3n) is 1.68. The second-order valence-electron chi connectivity index (χ2n) is 4.13. The minimum absolute atomic E-state index is 0.0238. The molecule has 0 aliphatic rings. The van der Waals surface area contributed by atoms with Gasteiger partial charge in [0.1, 0.15) is 6.61 Å². The highest BCUT2D eigenvalue weighted by Gasteiger charge is 2.22. The average molecular weight is 216 g/mol. The van der Waals surface area contributed by atoms with E-state index in [-0.39, 0.29) is 18.9 Å². The number of primary amides is 1. The molecule has 0 saturated heterocycles. The van der Waals surface area contributed by atoms with Crippen molar-refractivity contribution in [3.05, 3.63) is 0 Å². The summed E-state index contributed by atoms with van der Waals surface area (Å²) in [4.78, 5) is 22.0. The van der Waals surface area contributed by atoms with Gasteiger partial charge in [0.25, 0.3) is 0 Å². The first-order chi connectivity index (χ1) is 6.87. The van der Waals surface area contributed by atoms with E-state index in [1.54, 1.807) is 13.8 Å². The van der Waals surface area contributed by atoms with Crippen LogP contribution in [0.25, 0.3) is 0 Å². The number of carbonyl (C=O) groups is 2. The van der Waals surface area contributed by atoms with Gasteiger partial charge in [0.05, 0.1) is 0 Å². The molecular formula is C10H20N2O3. The number of nitrogens with two attached hydrogens (primary N) is 1. The van der Waals surface area contributed by atoms with Crippen LogP contribution in [0.1, 0.15) is 33.6 Å². The van der Waals surface area contributed by atoms with Crippen molar-refractivity contribution < 1.29 is 14.3 Å². The van der Waals surface area contributed by atoms with Crippen molar-refractivity contribution in [2.45, 2.75) is 39.2 Å². The number of carbonyl (C=O) groups excluding carboxylic acids is 2. The molecule has 0 aliphatic heterocycles. The number of hydrogen-bond donors (Lipinski definition) is 2. The molecule has 5 nitrogen and oxygen atoms in total. The zero-order valence-corrected chi connectivity index (χ0v) is 9.63. The van der Waals surface area contributed by atoms with E-state index in [0.29, 0.717) is 6.61 Å². The quantitative estimate of drug-likeness (QED) is 0.596. The van der Waals surface area contributed by atoms with Gasteiger partial charge in [0.2, 0.25) is 11.8 Å². The SMILES string of the molecule is CCCOCC(=O)NC(C)(C)CC(N)=O. The summed E-state index contributed by atoms with van der Waals surface area (Å²) in [5.41, 5.74) is 4.44. The standard InChI is InChI=1S/C10H20N2O3/c1-4-5-15-7-9(14)12-10(2,3)6-8(11)13/h4-7H2,1-3H3,(H2,11,13)(H,12,14). The second kappa shape index (κ2) is 6.40. The summed E-state index contributed by atoms with van der Waals surface area (Å²) in [6.45, 7) is 6.04. The largest absolute Gasteiger partial charge is 0.372 e. The van der Waals surface area contributed by atoms with Crippen molar-refractivity contribution in [1.82, 2.24) is 5.32 Å². The van der Waals surface area contributed by atoms with E-state index in [9.17, 15) is 9.59 Å². The van der Waals surface area contributed by atoms with Crippen LogP contribution in [-0.4, -0.2) is 30.6 Å². The highest BCUT2D eigenvalue weighted by atomic mass is 16.5. The van der Waals surface area contributed by atoms with E-state index < -0.39 is 11.4 Å². The Bertz CT molecular complexity index is 227. The summed E-state index contributed by atoms with van der Waals surface area (Å²) >= 11 is 0. The summed E-state index contributed by atoms with van der Waals surface area (Å²) in [6, 6.07) is 0. The fourth-order valence-corrected chi connectivity index (χ4v) is 1.20. The Balaban J connectivity index is 3.88. The van der Waals surface area contributed by atoms with Gasteiger partial charge in [-0.15, -0.1) is 0 Å². The van der Waals surface area contributed by atoms with Gasteiger partial charge in [-0.2, -0.15) is 0 Å². The predicted molar refractivity (Wildman–Crippen MR) is 57.1 cm³/mol. The molecule has 15 heavy (non-hydrogen) atoms. The lowest BCUT2D eigenvalue weighted by Gasteiger charge is -2.24. The fraction of sp³-hybridized carbons (Fsp3) is 0.800. The lowest BCUT2D eigenvalue weighted by atomic mass is 10.0. The first kappa shape index (κ1) is 13.9. The van der Waals surface area contributed by atoms with E-state index in [4.69, 9.17) is 10.5 Å². The van der Waals surface area contributed by atoms with Crippen LogP contribution in [0.15, 0.2) is 0 Å². The highest BCUT2D eigenvalue weighted by molar-refractivity contribution is 5.80. The van der Waals surface area contributed by atoms with Crippen LogP contribution < -0.4 is 11.1 Å². The van der Waals surface area contributed by atoms with Gasteiger partial charge in [-0.05, 0) is 20.3 Å². The third kappa shape index (κ3) is 7.93. The molecule has 88 valence electrons. The monoisotopic (exact) mass is 216 g/mol. The molecule has 0 aromatic heterocycles. The molecule has 0 aromatic rings. The molecule has 0 saturated carbocycles. The molecule has 0 heterocycles. The lowest BCUT2D eigenvalue weighted by Crippen LogP contribution is -2.47. The number of rotatable bonds is 7. The normalized spacial score (nSPS) is 11.1. The first-order valence-corrected chi connectivity index (χ1v) is 5.04. The molecule has 5 heteroatoms. The summed E-state index contributed by atoms with van der Waals surface area (Å²) in [5, 5.41) is 2.68. The van der Waals surface area contributed by atoms with Crippen LogP contribution in [0, 0.1) is 0 Å². The molecule has 0 bridgehead atoms. The van der Waals surface area contributed by atoms with Crippen molar-refractivity contribution in [3.63, 3.8) is 0 Å². The molecule has 0 radical (unpaired) electrons. The molecule has 0 aliphatic carbocycles. The van der Waals surface area contributed by atoms with Crippen molar-refractivity contribution >= 4 is 11.8 Å². The summed E-state index contributed by atoms with van der Waals surface area (Å²) in [6.07, 6.45) is 0.991. The predicted octanol–water partition coefficient (Wildman–Crippen LogP) is 0.183. The molecule has 0 rings (SSSR count). The van der Waals surface area contributed by atoms with Crippen LogP contribution in [0.5, 0.6) is 0 Å². The third-order valence-corrected chi connectivity index (χ3v) is 1.68. The Kier molecular flexibility index (Phi) is 5.93. The zero-order valence-electron chi connectivity index (χ0n) is 9.63. The Morgan fingerprint density at radius 1 is 1.40 bits per heavy atom. The highest BCUT2D eigenvalue weighted by Crippen LogP contribution is 2.06. The molecular weight excluding hydrogens is 196 g/mol. The van der Waals surface area contributed by atoms with E-state index in [1.165, 1.54) is 0 Å². The van der Waals surface area contributed by atoms with E-state index in [2.05, 4.69) is 5.32 Å². The Morgan fingerprint density at radius 2 is 2.00 bits per heavy atom. The number of ether oxygens (including phenoxy) is 1. The maximum atomic E-state index is 11.3. The average Bonchev–Trinajstić information content (AvgIpc) is 2.00. The smallest absolute Gasteiger partial charge is 0.246 e. The fourth-order valence-electron chi connectivity index (χ4n) is 1.20. The van der Waals surface area contributed by atoms with Gasteiger partial charge in [0.15, 0.2) is 0 Å². The van der Waals surface area contributed by atoms with Crippen molar-refractivity contribution in [3.8, 4) is 0 Å². The van der Waals surface area contributed by atoms with E-state index in [1.807, 2.05) is 6.92 Å². The second-order valence-corrected chi connectivity index (χ2v) is 4.13. The van der Waals surface area contributed by atoms with Gasteiger partial charge < -0.3 is 15.8 Å². The summed E-state index contributed by atoms with van der Waals surface area (Å²) in [7, 11) is 0. The molecule has 0 fully saturated rings. The molecule has 0 unspecified atom stereocenters. The van der Waals surface area contributed by atoms with Gasteiger partial charge >= 0.3 is 0 Å². The van der Waals surface area contributed by atoms with Crippen molar-refractivity contribution in [2.75, 3.05) is 13.2 Å². The minimum atomic E-state index is -0.613. The maximum absolute atomic E-state index is 11.3. The van der Waals surface area contributed by atoms with E-state index in [0.717, 1.165) is 6.42 Å².